The summed E-state index contributed by atoms with van der Waals surface area (Å²) in [7, 11) is 0. The van der Waals surface area contributed by atoms with Crippen molar-refractivity contribution in [1.82, 2.24) is 14.5 Å². The standard InChI is InChI=1S/C17H19N3O5/c1-3-19-8-12(14(21)11-5-4-10(2)18-15(11)19)16(22)20-6-7-25-13(9-20)17(23)24/h4-5,8,13H,3,6-7,9H2,1-2H3,(H,23,24). The van der Waals surface area contributed by atoms with E-state index in [0.29, 0.717) is 17.6 Å². The molecule has 0 bridgehead atoms. The van der Waals surface area contributed by atoms with E-state index in [0.717, 1.165) is 5.69 Å². The van der Waals surface area contributed by atoms with Crippen molar-refractivity contribution < 1.29 is 19.4 Å². The fourth-order valence-corrected chi connectivity index (χ4v) is 2.91. The van der Waals surface area contributed by atoms with Crippen molar-refractivity contribution in [1.29, 1.82) is 0 Å². The lowest BCUT2D eigenvalue weighted by molar-refractivity contribution is -0.154. The summed E-state index contributed by atoms with van der Waals surface area (Å²) in [6.07, 6.45) is 0.431. The van der Waals surface area contributed by atoms with Gasteiger partial charge >= 0.3 is 5.97 Å². The normalized spacial score (nSPS) is 17.7. The van der Waals surface area contributed by atoms with Crippen LogP contribution in [0.4, 0.5) is 0 Å². The highest BCUT2D eigenvalue weighted by Gasteiger charge is 2.31. The maximum absolute atomic E-state index is 12.8. The predicted octanol–water partition coefficient (Wildman–Crippen LogP) is 0.650. The Labute approximate surface area is 143 Å². The number of hydrogen-bond acceptors (Lipinski definition) is 5. The second kappa shape index (κ2) is 6.64. The fraction of sp³-hybridized carbons (Fsp3) is 0.412. The molecule has 1 fully saturated rings. The second-order valence-electron chi connectivity index (χ2n) is 5.93. The van der Waals surface area contributed by atoms with Gasteiger partial charge in [0.05, 0.1) is 18.5 Å². The Morgan fingerprint density at radius 3 is 2.84 bits per heavy atom. The molecule has 0 saturated carbocycles. The zero-order valence-corrected chi connectivity index (χ0v) is 14.1. The second-order valence-corrected chi connectivity index (χ2v) is 5.93. The van der Waals surface area contributed by atoms with E-state index in [4.69, 9.17) is 9.84 Å². The maximum Gasteiger partial charge on any atom is 0.334 e. The lowest BCUT2D eigenvalue weighted by atomic mass is 10.1. The van der Waals surface area contributed by atoms with Crippen molar-refractivity contribution in [2.75, 3.05) is 19.7 Å². The number of aliphatic carboxylic acids is 1. The summed E-state index contributed by atoms with van der Waals surface area (Å²) in [6.45, 7) is 4.58. The van der Waals surface area contributed by atoms with Gasteiger partial charge in [0.1, 0.15) is 11.2 Å². The van der Waals surface area contributed by atoms with Crippen LogP contribution >= 0.6 is 0 Å². The van der Waals surface area contributed by atoms with Crippen LogP contribution in [0.1, 0.15) is 23.0 Å². The van der Waals surface area contributed by atoms with E-state index in [1.807, 2.05) is 13.8 Å². The number of aromatic nitrogens is 2. The highest BCUT2D eigenvalue weighted by molar-refractivity contribution is 5.97. The average Bonchev–Trinajstić information content (AvgIpc) is 2.61. The van der Waals surface area contributed by atoms with Gasteiger partial charge in [-0.15, -0.1) is 0 Å². The number of pyridine rings is 2. The van der Waals surface area contributed by atoms with E-state index in [1.165, 1.54) is 11.1 Å². The number of carboxylic acids is 1. The molecule has 1 aliphatic rings. The Hall–Kier alpha value is -2.74. The molecule has 3 rings (SSSR count). The first-order valence-electron chi connectivity index (χ1n) is 8.07. The van der Waals surface area contributed by atoms with E-state index < -0.39 is 23.4 Å². The molecule has 2 aromatic rings. The third kappa shape index (κ3) is 3.12. The van der Waals surface area contributed by atoms with Gasteiger partial charge in [-0.1, -0.05) is 0 Å². The first kappa shape index (κ1) is 17.1. The Morgan fingerprint density at radius 2 is 2.16 bits per heavy atom. The molecule has 1 amide bonds. The lowest BCUT2D eigenvalue weighted by Gasteiger charge is -2.30. The number of rotatable bonds is 3. The minimum atomic E-state index is -1.12. The van der Waals surface area contributed by atoms with Crippen molar-refractivity contribution in [3.63, 3.8) is 0 Å². The van der Waals surface area contributed by atoms with Crippen LogP contribution in [-0.2, 0) is 16.1 Å². The van der Waals surface area contributed by atoms with E-state index in [1.54, 1.807) is 16.7 Å². The number of carboxylic acid groups (broad SMARTS) is 1. The molecule has 2 aromatic heterocycles. The summed E-state index contributed by atoms with van der Waals surface area (Å²) in [5, 5.41) is 9.45. The number of amides is 1. The molecule has 1 N–H and O–H groups in total. The van der Waals surface area contributed by atoms with Crippen LogP contribution in [-0.4, -0.2) is 57.2 Å². The quantitative estimate of drug-likeness (QED) is 0.876. The summed E-state index contributed by atoms with van der Waals surface area (Å²) in [4.78, 5) is 42.4. The molecule has 8 nitrogen and oxygen atoms in total. The van der Waals surface area contributed by atoms with Crippen molar-refractivity contribution in [2.45, 2.75) is 26.5 Å². The highest BCUT2D eigenvalue weighted by Crippen LogP contribution is 2.14. The van der Waals surface area contributed by atoms with Gasteiger partial charge in [0.15, 0.2) is 6.10 Å². The third-order valence-corrected chi connectivity index (χ3v) is 4.26. The van der Waals surface area contributed by atoms with E-state index in [-0.39, 0.29) is 25.3 Å². The SMILES string of the molecule is CCn1cc(C(=O)N2CCOC(C(=O)O)C2)c(=O)c2ccc(C)nc21. The molecule has 8 heteroatoms. The predicted molar refractivity (Wildman–Crippen MR) is 89.7 cm³/mol. The molecule has 1 saturated heterocycles. The molecule has 25 heavy (non-hydrogen) atoms. The van der Waals surface area contributed by atoms with Gasteiger partial charge in [-0.05, 0) is 26.0 Å². The van der Waals surface area contributed by atoms with Gasteiger partial charge < -0.3 is 19.3 Å². The third-order valence-electron chi connectivity index (χ3n) is 4.26. The smallest absolute Gasteiger partial charge is 0.334 e. The van der Waals surface area contributed by atoms with Crippen LogP contribution < -0.4 is 5.43 Å². The van der Waals surface area contributed by atoms with Gasteiger partial charge in [0.2, 0.25) is 5.43 Å². The number of carbonyl (C=O) groups excluding carboxylic acids is 1. The van der Waals surface area contributed by atoms with E-state index in [2.05, 4.69) is 4.98 Å². The first-order valence-corrected chi connectivity index (χ1v) is 8.07. The van der Waals surface area contributed by atoms with Crippen LogP contribution in [0.3, 0.4) is 0 Å². The number of nitrogens with zero attached hydrogens (tertiary/aromatic N) is 3. The molecule has 0 radical (unpaired) electrons. The minimum Gasteiger partial charge on any atom is -0.479 e. The monoisotopic (exact) mass is 345 g/mol. The molecular formula is C17H19N3O5. The zero-order chi connectivity index (χ0) is 18.1. The van der Waals surface area contributed by atoms with Crippen molar-refractivity contribution in [3.05, 3.63) is 39.8 Å². The Bertz CT molecular complexity index is 905. The first-order chi connectivity index (χ1) is 11.9. The molecular weight excluding hydrogens is 326 g/mol. The number of fused-ring (bicyclic) bond motifs is 1. The number of carbonyl (C=O) groups is 2. The number of hydrogen-bond donors (Lipinski definition) is 1. The Kier molecular flexibility index (Phi) is 4.54. The molecule has 1 atom stereocenters. The maximum atomic E-state index is 12.8. The van der Waals surface area contributed by atoms with Gasteiger partial charge in [0, 0.05) is 25.0 Å². The van der Waals surface area contributed by atoms with Crippen LogP contribution in [0, 0.1) is 6.92 Å². The van der Waals surface area contributed by atoms with Gasteiger partial charge in [0.25, 0.3) is 5.91 Å². The van der Waals surface area contributed by atoms with Crippen LogP contribution in [0.15, 0.2) is 23.1 Å². The largest absolute Gasteiger partial charge is 0.479 e. The minimum absolute atomic E-state index is 0.0195. The van der Waals surface area contributed by atoms with Crippen LogP contribution in [0.2, 0.25) is 0 Å². The highest BCUT2D eigenvalue weighted by atomic mass is 16.5. The van der Waals surface area contributed by atoms with Crippen molar-refractivity contribution in [2.24, 2.45) is 0 Å². The molecule has 0 aromatic carbocycles. The summed E-state index contributed by atoms with van der Waals surface area (Å²) < 4.78 is 6.88. The molecule has 132 valence electrons. The van der Waals surface area contributed by atoms with Crippen molar-refractivity contribution in [3.8, 4) is 0 Å². The summed E-state index contributed by atoms with van der Waals surface area (Å²) in [5.74, 6) is -1.61. The Morgan fingerprint density at radius 1 is 1.40 bits per heavy atom. The molecule has 3 heterocycles. The number of aryl methyl sites for hydroxylation is 2. The average molecular weight is 345 g/mol. The van der Waals surface area contributed by atoms with Crippen LogP contribution in [0.5, 0.6) is 0 Å². The molecule has 1 unspecified atom stereocenters. The van der Waals surface area contributed by atoms with Gasteiger partial charge in [-0.25, -0.2) is 9.78 Å². The topological polar surface area (TPSA) is 102 Å². The van der Waals surface area contributed by atoms with E-state index >= 15 is 0 Å². The van der Waals surface area contributed by atoms with E-state index in [9.17, 15) is 14.4 Å². The lowest BCUT2D eigenvalue weighted by Crippen LogP contribution is -2.49. The van der Waals surface area contributed by atoms with Crippen LogP contribution in [0.25, 0.3) is 11.0 Å². The van der Waals surface area contributed by atoms with Crippen molar-refractivity contribution >= 4 is 22.9 Å². The van der Waals surface area contributed by atoms with Gasteiger partial charge in [-0.3, -0.25) is 9.59 Å². The fourth-order valence-electron chi connectivity index (χ4n) is 2.91. The zero-order valence-electron chi connectivity index (χ0n) is 14.1. The Balaban J connectivity index is 2.05. The molecule has 0 aliphatic carbocycles. The summed E-state index contributed by atoms with van der Waals surface area (Å²) in [5.41, 5.74) is 0.946. The molecule has 1 aliphatic heterocycles. The number of ether oxygens (including phenoxy) is 1. The summed E-state index contributed by atoms with van der Waals surface area (Å²) >= 11 is 0. The number of morpholine rings is 1. The summed E-state index contributed by atoms with van der Waals surface area (Å²) in [6, 6.07) is 3.40. The van der Waals surface area contributed by atoms with Gasteiger partial charge in [-0.2, -0.15) is 0 Å². The molecule has 0 spiro atoms.